The molecule has 0 saturated carbocycles. The molecule has 2 aromatic rings. The molecule has 1 aliphatic rings. The zero-order valence-corrected chi connectivity index (χ0v) is 10.5. The molecule has 1 heterocycles. The third kappa shape index (κ3) is 2.29. The predicted molar refractivity (Wildman–Crippen MR) is 74.5 cm³/mol. The predicted octanol–water partition coefficient (Wildman–Crippen LogP) is 3.44. The van der Waals surface area contributed by atoms with Gasteiger partial charge in [-0.05, 0) is 16.7 Å². The Labute approximate surface area is 112 Å². The number of ether oxygens (including phenoxy) is 1. The van der Waals surface area contributed by atoms with E-state index in [2.05, 4.69) is 0 Å². The van der Waals surface area contributed by atoms with E-state index in [0.29, 0.717) is 13.0 Å². The standard InChI is InChI=1S/C17H14O2/c18-17-15(11-12-19-17)16(13-7-3-1-4-8-13)14-9-5-2-6-10-14/h1-10H,11-12H2. The summed E-state index contributed by atoms with van der Waals surface area (Å²) in [5.74, 6) is -0.192. The van der Waals surface area contributed by atoms with E-state index in [1.165, 1.54) is 0 Å². The summed E-state index contributed by atoms with van der Waals surface area (Å²) in [5.41, 5.74) is 3.88. The van der Waals surface area contributed by atoms with Gasteiger partial charge in [0.1, 0.15) is 0 Å². The molecule has 0 bridgehead atoms. The number of carbonyl (C=O) groups excluding carboxylic acids is 1. The molecular weight excluding hydrogens is 236 g/mol. The quantitative estimate of drug-likeness (QED) is 0.603. The van der Waals surface area contributed by atoms with E-state index in [4.69, 9.17) is 4.74 Å². The molecule has 1 saturated heterocycles. The number of esters is 1. The Morgan fingerprint density at radius 2 is 1.37 bits per heavy atom. The normalized spacial score (nSPS) is 14.3. The first-order valence-corrected chi connectivity index (χ1v) is 6.37. The molecule has 0 amide bonds. The van der Waals surface area contributed by atoms with Crippen LogP contribution in [0.1, 0.15) is 17.5 Å². The molecule has 0 unspecified atom stereocenters. The number of cyclic esters (lactones) is 1. The first-order valence-electron chi connectivity index (χ1n) is 6.37. The monoisotopic (exact) mass is 250 g/mol. The first-order chi connectivity index (χ1) is 9.36. The van der Waals surface area contributed by atoms with Crippen LogP contribution in [0.2, 0.25) is 0 Å². The van der Waals surface area contributed by atoms with Crippen LogP contribution in [0.5, 0.6) is 0 Å². The summed E-state index contributed by atoms with van der Waals surface area (Å²) in [5, 5.41) is 0. The van der Waals surface area contributed by atoms with Crippen LogP contribution >= 0.6 is 0 Å². The molecule has 1 fully saturated rings. The highest BCUT2D eigenvalue weighted by atomic mass is 16.5. The van der Waals surface area contributed by atoms with E-state index in [-0.39, 0.29) is 5.97 Å². The molecule has 94 valence electrons. The van der Waals surface area contributed by atoms with E-state index < -0.39 is 0 Å². The summed E-state index contributed by atoms with van der Waals surface area (Å²) >= 11 is 0. The number of benzene rings is 2. The highest BCUT2D eigenvalue weighted by molar-refractivity contribution is 6.02. The van der Waals surface area contributed by atoms with Crippen molar-refractivity contribution in [3.8, 4) is 0 Å². The van der Waals surface area contributed by atoms with Crippen molar-refractivity contribution in [2.45, 2.75) is 6.42 Å². The SMILES string of the molecule is O=C1OCCC1=C(c1ccccc1)c1ccccc1. The number of hydrogen-bond donors (Lipinski definition) is 0. The highest BCUT2D eigenvalue weighted by Gasteiger charge is 2.24. The molecule has 1 aliphatic heterocycles. The van der Waals surface area contributed by atoms with E-state index in [0.717, 1.165) is 22.3 Å². The lowest BCUT2D eigenvalue weighted by molar-refractivity contribution is -0.135. The zero-order valence-electron chi connectivity index (χ0n) is 10.5. The summed E-state index contributed by atoms with van der Waals surface area (Å²) in [4.78, 5) is 11.9. The molecule has 0 radical (unpaired) electrons. The summed E-state index contributed by atoms with van der Waals surface area (Å²) in [6.07, 6.45) is 0.679. The van der Waals surface area contributed by atoms with Gasteiger partial charge in [0, 0.05) is 12.0 Å². The lowest BCUT2D eigenvalue weighted by atomic mass is 9.92. The minimum absolute atomic E-state index is 0.192. The fourth-order valence-corrected chi connectivity index (χ4v) is 2.39. The van der Waals surface area contributed by atoms with Gasteiger partial charge < -0.3 is 4.74 Å². The fourth-order valence-electron chi connectivity index (χ4n) is 2.39. The molecule has 0 atom stereocenters. The van der Waals surface area contributed by atoms with Crippen molar-refractivity contribution in [1.82, 2.24) is 0 Å². The maximum absolute atomic E-state index is 11.9. The Morgan fingerprint density at radius 3 is 1.79 bits per heavy atom. The van der Waals surface area contributed by atoms with Gasteiger partial charge in [0.2, 0.25) is 0 Å². The van der Waals surface area contributed by atoms with Gasteiger partial charge in [-0.2, -0.15) is 0 Å². The Bertz CT molecular complexity index is 571. The van der Waals surface area contributed by atoms with E-state index >= 15 is 0 Å². The van der Waals surface area contributed by atoms with Crippen molar-refractivity contribution in [1.29, 1.82) is 0 Å². The van der Waals surface area contributed by atoms with Crippen molar-refractivity contribution < 1.29 is 9.53 Å². The van der Waals surface area contributed by atoms with Crippen LogP contribution in [-0.4, -0.2) is 12.6 Å². The second-order valence-electron chi connectivity index (χ2n) is 4.47. The van der Waals surface area contributed by atoms with Crippen LogP contribution < -0.4 is 0 Å². The van der Waals surface area contributed by atoms with E-state index in [1.54, 1.807) is 0 Å². The molecule has 0 aromatic heterocycles. The number of carbonyl (C=O) groups is 1. The van der Waals surface area contributed by atoms with Gasteiger partial charge in [0.25, 0.3) is 0 Å². The van der Waals surface area contributed by atoms with Gasteiger partial charge in [-0.3, -0.25) is 0 Å². The average Bonchev–Trinajstić information content (AvgIpc) is 2.88. The van der Waals surface area contributed by atoms with Crippen molar-refractivity contribution in [3.05, 3.63) is 77.4 Å². The smallest absolute Gasteiger partial charge is 0.334 e. The van der Waals surface area contributed by atoms with Gasteiger partial charge in [-0.15, -0.1) is 0 Å². The molecule has 0 spiro atoms. The van der Waals surface area contributed by atoms with Crippen LogP contribution in [0, 0.1) is 0 Å². The number of rotatable bonds is 2. The highest BCUT2D eigenvalue weighted by Crippen LogP contribution is 2.31. The van der Waals surface area contributed by atoms with Crippen LogP contribution in [0.15, 0.2) is 66.2 Å². The second kappa shape index (κ2) is 5.11. The lowest BCUT2D eigenvalue weighted by Crippen LogP contribution is -2.00. The van der Waals surface area contributed by atoms with E-state index in [9.17, 15) is 4.79 Å². The maximum atomic E-state index is 11.9. The summed E-state index contributed by atoms with van der Waals surface area (Å²) < 4.78 is 5.09. The van der Waals surface area contributed by atoms with Crippen LogP contribution in [0.25, 0.3) is 5.57 Å². The molecule has 0 aliphatic carbocycles. The summed E-state index contributed by atoms with van der Waals surface area (Å²) in [6, 6.07) is 20.0. The molecule has 2 aromatic carbocycles. The Morgan fingerprint density at radius 1 is 0.842 bits per heavy atom. The Kier molecular flexibility index (Phi) is 3.15. The molecular formula is C17H14O2. The Balaban J connectivity index is 2.20. The second-order valence-corrected chi connectivity index (χ2v) is 4.47. The maximum Gasteiger partial charge on any atom is 0.334 e. The van der Waals surface area contributed by atoms with Crippen LogP contribution in [-0.2, 0) is 9.53 Å². The molecule has 0 N–H and O–H groups in total. The van der Waals surface area contributed by atoms with Crippen molar-refractivity contribution in [2.24, 2.45) is 0 Å². The minimum atomic E-state index is -0.192. The largest absolute Gasteiger partial charge is 0.462 e. The van der Waals surface area contributed by atoms with Gasteiger partial charge in [0.15, 0.2) is 0 Å². The van der Waals surface area contributed by atoms with Crippen LogP contribution in [0.4, 0.5) is 0 Å². The molecule has 19 heavy (non-hydrogen) atoms. The molecule has 3 rings (SSSR count). The molecule has 2 nitrogen and oxygen atoms in total. The number of hydrogen-bond acceptors (Lipinski definition) is 2. The first kappa shape index (κ1) is 11.7. The van der Waals surface area contributed by atoms with Crippen molar-refractivity contribution in [3.63, 3.8) is 0 Å². The van der Waals surface area contributed by atoms with Gasteiger partial charge in [0.05, 0.1) is 6.61 Å². The van der Waals surface area contributed by atoms with Crippen molar-refractivity contribution >= 4 is 11.5 Å². The third-order valence-corrected chi connectivity index (χ3v) is 3.26. The third-order valence-electron chi connectivity index (χ3n) is 3.26. The van der Waals surface area contributed by atoms with Gasteiger partial charge >= 0.3 is 5.97 Å². The minimum Gasteiger partial charge on any atom is -0.462 e. The van der Waals surface area contributed by atoms with Gasteiger partial charge in [-0.1, -0.05) is 60.7 Å². The topological polar surface area (TPSA) is 26.3 Å². The average molecular weight is 250 g/mol. The fraction of sp³-hybridized carbons (Fsp3) is 0.118. The summed E-state index contributed by atoms with van der Waals surface area (Å²) in [7, 11) is 0. The lowest BCUT2D eigenvalue weighted by Gasteiger charge is -2.10. The van der Waals surface area contributed by atoms with E-state index in [1.807, 2.05) is 60.7 Å². The summed E-state index contributed by atoms with van der Waals surface area (Å²) in [6.45, 7) is 0.483. The van der Waals surface area contributed by atoms with Crippen molar-refractivity contribution in [2.75, 3.05) is 6.61 Å². The Hall–Kier alpha value is -2.35. The van der Waals surface area contributed by atoms with Crippen LogP contribution in [0.3, 0.4) is 0 Å². The van der Waals surface area contributed by atoms with Gasteiger partial charge in [-0.25, -0.2) is 4.79 Å². The zero-order chi connectivity index (χ0) is 13.1. The molecule has 2 heteroatoms.